The molecular weight excluding hydrogens is 231 g/mol. The Morgan fingerprint density at radius 1 is 1.18 bits per heavy atom. The molecule has 1 aliphatic rings. The molecule has 1 fully saturated rings. The summed E-state index contributed by atoms with van der Waals surface area (Å²) in [7, 11) is 0. The van der Waals surface area contributed by atoms with Gasteiger partial charge in [0.2, 0.25) is 0 Å². The van der Waals surface area contributed by atoms with Gasteiger partial charge in [-0.25, -0.2) is 0 Å². The second kappa shape index (κ2) is 6.59. The van der Waals surface area contributed by atoms with Gasteiger partial charge in [0.15, 0.2) is 0 Å². The molecule has 102 valence electrons. The fraction of sp³-hybridized carbons (Fsp3) is 1.00. The monoisotopic (exact) mass is 253 g/mol. The first-order chi connectivity index (χ1) is 7.92. The van der Waals surface area contributed by atoms with E-state index in [9.17, 15) is 18.3 Å². The van der Waals surface area contributed by atoms with Crippen molar-refractivity contribution in [2.75, 3.05) is 19.6 Å². The number of nitrogens with zero attached hydrogens (tertiary/aromatic N) is 1. The van der Waals surface area contributed by atoms with Crippen LogP contribution in [0.5, 0.6) is 0 Å². The zero-order valence-electron chi connectivity index (χ0n) is 10.3. The fourth-order valence-corrected chi connectivity index (χ4v) is 2.47. The lowest BCUT2D eigenvalue weighted by atomic mass is 9.96. The third-order valence-electron chi connectivity index (χ3n) is 3.46. The number of aliphatic hydroxyl groups excluding tert-OH is 1. The molecule has 2 unspecified atom stereocenters. The summed E-state index contributed by atoms with van der Waals surface area (Å²) in [5, 5.41) is 9.88. The molecule has 2 atom stereocenters. The van der Waals surface area contributed by atoms with E-state index < -0.39 is 18.8 Å². The Labute approximate surface area is 101 Å². The van der Waals surface area contributed by atoms with Crippen LogP contribution in [-0.2, 0) is 0 Å². The standard InChI is InChI=1S/C12H22F3NO/c1-2-16(9-12(13,14)15)8-10-6-4-3-5-7-11(10)17/h10-11,17H,2-9H2,1H3. The van der Waals surface area contributed by atoms with E-state index in [1.165, 1.54) is 4.90 Å². The molecule has 1 saturated carbocycles. The molecule has 0 radical (unpaired) electrons. The summed E-state index contributed by atoms with van der Waals surface area (Å²) < 4.78 is 37.0. The van der Waals surface area contributed by atoms with Gasteiger partial charge in [0.05, 0.1) is 12.6 Å². The lowest BCUT2D eigenvalue weighted by Crippen LogP contribution is -2.40. The van der Waals surface area contributed by atoms with Gasteiger partial charge in [-0.2, -0.15) is 13.2 Å². The number of halogens is 3. The molecule has 0 heterocycles. The molecule has 17 heavy (non-hydrogen) atoms. The molecular formula is C12H22F3NO. The molecule has 0 bridgehead atoms. The summed E-state index contributed by atoms with van der Waals surface area (Å²) in [6.07, 6.45) is 0.0859. The van der Waals surface area contributed by atoms with E-state index in [4.69, 9.17) is 0 Å². The van der Waals surface area contributed by atoms with E-state index in [0.29, 0.717) is 13.1 Å². The van der Waals surface area contributed by atoms with Crippen molar-refractivity contribution in [1.82, 2.24) is 4.90 Å². The van der Waals surface area contributed by atoms with Gasteiger partial charge in [-0.3, -0.25) is 4.90 Å². The van der Waals surface area contributed by atoms with E-state index >= 15 is 0 Å². The highest BCUT2D eigenvalue weighted by Crippen LogP contribution is 2.25. The van der Waals surface area contributed by atoms with Crippen LogP contribution in [0.15, 0.2) is 0 Å². The van der Waals surface area contributed by atoms with Gasteiger partial charge in [-0.05, 0) is 25.3 Å². The van der Waals surface area contributed by atoms with Gasteiger partial charge in [-0.1, -0.05) is 26.2 Å². The highest BCUT2D eigenvalue weighted by molar-refractivity contribution is 4.77. The van der Waals surface area contributed by atoms with Crippen molar-refractivity contribution < 1.29 is 18.3 Å². The summed E-state index contributed by atoms with van der Waals surface area (Å²) in [6.45, 7) is 1.60. The van der Waals surface area contributed by atoms with E-state index in [-0.39, 0.29) is 5.92 Å². The molecule has 0 aromatic carbocycles. The minimum atomic E-state index is -4.15. The van der Waals surface area contributed by atoms with Crippen molar-refractivity contribution in [3.8, 4) is 0 Å². The first kappa shape index (κ1) is 14.8. The molecule has 1 rings (SSSR count). The Bertz CT molecular complexity index is 220. The molecule has 1 aliphatic carbocycles. The second-order valence-electron chi connectivity index (χ2n) is 4.91. The molecule has 0 spiro atoms. The molecule has 5 heteroatoms. The summed E-state index contributed by atoms with van der Waals surface area (Å²) in [6, 6.07) is 0. The van der Waals surface area contributed by atoms with Gasteiger partial charge >= 0.3 is 6.18 Å². The van der Waals surface area contributed by atoms with Crippen molar-refractivity contribution in [2.45, 2.75) is 51.3 Å². The van der Waals surface area contributed by atoms with Gasteiger partial charge in [-0.15, -0.1) is 0 Å². The largest absolute Gasteiger partial charge is 0.401 e. The van der Waals surface area contributed by atoms with Crippen LogP contribution in [-0.4, -0.2) is 41.9 Å². The van der Waals surface area contributed by atoms with Crippen molar-refractivity contribution in [2.24, 2.45) is 5.92 Å². The lowest BCUT2D eigenvalue weighted by molar-refractivity contribution is -0.148. The van der Waals surface area contributed by atoms with Crippen molar-refractivity contribution in [3.63, 3.8) is 0 Å². The Kier molecular flexibility index (Phi) is 5.73. The number of rotatable bonds is 4. The third-order valence-corrected chi connectivity index (χ3v) is 3.46. The molecule has 2 nitrogen and oxygen atoms in total. The summed E-state index contributed by atoms with van der Waals surface area (Å²) >= 11 is 0. The van der Waals surface area contributed by atoms with Crippen LogP contribution in [0.25, 0.3) is 0 Å². The van der Waals surface area contributed by atoms with Crippen LogP contribution in [0.2, 0.25) is 0 Å². The van der Waals surface area contributed by atoms with Crippen LogP contribution in [0, 0.1) is 5.92 Å². The fourth-order valence-electron chi connectivity index (χ4n) is 2.47. The number of aliphatic hydroxyl groups is 1. The first-order valence-corrected chi connectivity index (χ1v) is 6.39. The van der Waals surface area contributed by atoms with Crippen molar-refractivity contribution in [1.29, 1.82) is 0 Å². The Balaban J connectivity index is 2.48. The maximum atomic E-state index is 12.3. The Morgan fingerprint density at radius 2 is 1.82 bits per heavy atom. The van der Waals surface area contributed by atoms with E-state index in [0.717, 1.165) is 32.1 Å². The van der Waals surface area contributed by atoms with Crippen LogP contribution < -0.4 is 0 Å². The highest BCUT2D eigenvalue weighted by Gasteiger charge is 2.32. The third kappa shape index (κ3) is 5.73. The number of hydrogen-bond acceptors (Lipinski definition) is 2. The van der Waals surface area contributed by atoms with Gasteiger partial charge < -0.3 is 5.11 Å². The number of hydrogen-bond donors (Lipinski definition) is 1. The van der Waals surface area contributed by atoms with E-state index in [2.05, 4.69) is 0 Å². The first-order valence-electron chi connectivity index (χ1n) is 6.39. The molecule has 0 aromatic rings. The minimum Gasteiger partial charge on any atom is -0.393 e. The average Bonchev–Trinajstić information content (AvgIpc) is 2.41. The maximum absolute atomic E-state index is 12.3. The Hall–Kier alpha value is -0.290. The van der Waals surface area contributed by atoms with Crippen LogP contribution in [0.1, 0.15) is 39.0 Å². The lowest BCUT2D eigenvalue weighted by Gasteiger charge is -2.29. The number of alkyl halides is 3. The predicted octanol–water partition coefficient (Wildman–Crippen LogP) is 2.81. The summed E-state index contributed by atoms with van der Waals surface area (Å²) in [4.78, 5) is 1.39. The van der Waals surface area contributed by atoms with E-state index in [1.807, 2.05) is 0 Å². The smallest absolute Gasteiger partial charge is 0.393 e. The normalized spacial score (nSPS) is 27.2. The average molecular weight is 253 g/mol. The molecule has 1 N–H and O–H groups in total. The molecule has 0 aromatic heterocycles. The molecule has 0 aliphatic heterocycles. The predicted molar refractivity (Wildman–Crippen MR) is 60.8 cm³/mol. The summed E-state index contributed by atoms with van der Waals surface area (Å²) in [5.41, 5.74) is 0. The SMILES string of the molecule is CCN(CC1CCCCCC1O)CC(F)(F)F. The highest BCUT2D eigenvalue weighted by atomic mass is 19.4. The van der Waals surface area contributed by atoms with Crippen molar-refractivity contribution >= 4 is 0 Å². The van der Waals surface area contributed by atoms with Gasteiger partial charge in [0.25, 0.3) is 0 Å². The van der Waals surface area contributed by atoms with Crippen LogP contribution in [0.4, 0.5) is 13.2 Å². The van der Waals surface area contributed by atoms with Crippen LogP contribution in [0.3, 0.4) is 0 Å². The van der Waals surface area contributed by atoms with E-state index in [1.54, 1.807) is 6.92 Å². The summed E-state index contributed by atoms with van der Waals surface area (Å²) in [5.74, 6) is -0.000185. The van der Waals surface area contributed by atoms with Crippen LogP contribution >= 0.6 is 0 Å². The minimum absolute atomic E-state index is 0.000185. The Morgan fingerprint density at radius 3 is 2.41 bits per heavy atom. The second-order valence-corrected chi connectivity index (χ2v) is 4.91. The van der Waals surface area contributed by atoms with Crippen molar-refractivity contribution in [3.05, 3.63) is 0 Å². The van der Waals surface area contributed by atoms with Gasteiger partial charge in [0, 0.05) is 6.54 Å². The zero-order valence-corrected chi connectivity index (χ0v) is 10.3. The maximum Gasteiger partial charge on any atom is 0.401 e. The molecule has 0 saturated heterocycles. The molecule has 0 amide bonds. The topological polar surface area (TPSA) is 23.5 Å². The van der Waals surface area contributed by atoms with Gasteiger partial charge in [0.1, 0.15) is 0 Å². The quantitative estimate of drug-likeness (QED) is 0.779. The zero-order chi connectivity index (χ0) is 12.9.